The maximum atomic E-state index is 11.5. The van der Waals surface area contributed by atoms with E-state index in [-0.39, 0.29) is 5.56 Å². The summed E-state index contributed by atoms with van der Waals surface area (Å²) in [5.41, 5.74) is 1.21. The molecule has 98 valence electrons. The molecule has 0 spiro atoms. The van der Waals surface area contributed by atoms with E-state index < -0.39 is 11.9 Å². The quantitative estimate of drug-likeness (QED) is 0.847. The van der Waals surface area contributed by atoms with Gasteiger partial charge in [-0.15, -0.1) is 0 Å². The molecule has 0 saturated heterocycles. The van der Waals surface area contributed by atoms with E-state index in [1.165, 1.54) is 29.2 Å². The Balaban J connectivity index is 2.23. The van der Waals surface area contributed by atoms with Crippen molar-refractivity contribution in [3.05, 3.63) is 47.8 Å². The van der Waals surface area contributed by atoms with Gasteiger partial charge < -0.3 is 9.84 Å². The van der Waals surface area contributed by atoms with Crippen LogP contribution in [-0.4, -0.2) is 33.4 Å². The molecule has 2 aromatic rings. The molecule has 0 aliphatic carbocycles. The third kappa shape index (κ3) is 2.79. The fourth-order valence-corrected chi connectivity index (χ4v) is 1.54. The van der Waals surface area contributed by atoms with Crippen LogP contribution in [-0.2, 0) is 4.74 Å². The number of rotatable bonds is 4. The summed E-state index contributed by atoms with van der Waals surface area (Å²) >= 11 is 0. The van der Waals surface area contributed by atoms with Crippen LogP contribution in [0.4, 0.5) is 0 Å². The molecule has 0 amide bonds. The molecule has 2 rings (SSSR count). The summed E-state index contributed by atoms with van der Waals surface area (Å²) in [6.07, 6.45) is 2.94. The van der Waals surface area contributed by atoms with E-state index in [1.54, 1.807) is 19.1 Å². The number of hydrogen-bond donors (Lipinski definition) is 1. The average molecular weight is 260 g/mol. The summed E-state index contributed by atoms with van der Waals surface area (Å²) < 4.78 is 6.34. The Morgan fingerprint density at radius 2 is 1.95 bits per heavy atom. The van der Waals surface area contributed by atoms with E-state index >= 15 is 0 Å². The number of aromatic nitrogens is 2. The van der Waals surface area contributed by atoms with E-state index in [0.29, 0.717) is 17.9 Å². The zero-order chi connectivity index (χ0) is 13.8. The van der Waals surface area contributed by atoms with Crippen LogP contribution in [0.1, 0.15) is 27.6 Å². The van der Waals surface area contributed by atoms with Gasteiger partial charge in [-0.2, -0.15) is 5.10 Å². The first kappa shape index (κ1) is 12.8. The fraction of sp³-hybridized carbons (Fsp3) is 0.154. The molecule has 6 nitrogen and oxygen atoms in total. The first-order valence-electron chi connectivity index (χ1n) is 5.67. The molecule has 1 heterocycles. The summed E-state index contributed by atoms with van der Waals surface area (Å²) in [6, 6.07) is 6.18. The summed E-state index contributed by atoms with van der Waals surface area (Å²) in [4.78, 5) is 22.2. The molecule has 19 heavy (non-hydrogen) atoms. The second-order valence-corrected chi connectivity index (χ2v) is 3.75. The van der Waals surface area contributed by atoms with Gasteiger partial charge >= 0.3 is 11.9 Å². The van der Waals surface area contributed by atoms with Crippen molar-refractivity contribution in [1.82, 2.24) is 9.78 Å². The molecule has 0 atom stereocenters. The second kappa shape index (κ2) is 5.34. The van der Waals surface area contributed by atoms with Gasteiger partial charge in [0, 0.05) is 6.20 Å². The third-order valence-electron chi connectivity index (χ3n) is 2.47. The van der Waals surface area contributed by atoms with Gasteiger partial charge in [0.1, 0.15) is 0 Å². The molecule has 1 aromatic heterocycles. The largest absolute Gasteiger partial charge is 0.478 e. The average Bonchev–Trinajstić information content (AvgIpc) is 2.89. The lowest BCUT2D eigenvalue weighted by atomic mass is 10.2. The molecule has 1 N–H and O–H groups in total. The smallest absolute Gasteiger partial charge is 0.341 e. The highest BCUT2D eigenvalue weighted by molar-refractivity contribution is 5.89. The van der Waals surface area contributed by atoms with Gasteiger partial charge in [0.15, 0.2) is 0 Å². The molecule has 1 aromatic carbocycles. The standard InChI is InChI=1S/C13H12N2O4/c1-2-19-13(18)10-7-14-15(8-10)11-5-3-9(4-6-11)12(16)17/h3-8H,2H2,1H3,(H,16,17). The summed E-state index contributed by atoms with van der Waals surface area (Å²) in [5.74, 6) is -1.42. The summed E-state index contributed by atoms with van der Waals surface area (Å²) in [5, 5.41) is 12.8. The van der Waals surface area contributed by atoms with Crippen molar-refractivity contribution in [2.45, 2.75) is 6.92 Å². The molecular formula is C13H12N2O4. The van der Waals surface area contributed by atoms with Gasteiger partial charge in [0.2, 0.25) is 0 Å². The van der Waals surface area contributed by atoms with Crippen LogP contribution in [0.2, 0.25) is 0 Å². The number of aromatic carboxylic acids is 1. The van der Waals surface area contributed by atoms with Gasteiger partial charge in [-0.3, -0.25) is 0 Å². The fourth-order valence-electron chi connectivity index (χ4n) is 1.54. The Morgan fingerprint density at radius 3 is 2.53 bits per heavy atom. The lowest BCUT2D eigenvalue weighted by Gasteiger charge is -2.01. The normalized spacial score (nSPS) is 10.2. The van der Waals surface area contributed by atoms with Crippen LogP contribution in [0.3, 0.4) is 0 Å². The number of ether oxygens (including phenoxy) is 1. The lowest BCUT2D eigenvalue weighted by molar-refractivity contribution is 0.0526. The van der Waals surface area contributed by atoms with Crippen LogP contribution < -0.4 is 0 Å². The molecule has 0 fully saturated rings. The van der Waals surface area contributed by atoms with Crippen LogP contribution in [0.25, 0.3) is 5.69 Å². The van der Waals surface area contributed by atoms with E-state index in [1.807, 2.05) is 0 Å². The van der Waals surface area contributed by atoms with Crippen LogP contribution in [0, 0.1) is 0 Å². The van der Waals surface area contributed by atoms with E-state index in [4.69, 9.17) is 9.84 Å². The van der Waals surface area contributed by atoms with Crippen molar-refractivity contribution in [1.29, 1.82) is 0 Å². The monoisotopic (exact) mass is 260 g/mol. The molecular weight excluding hydrogens is 248 g/mol. The third-order valence-corrected chi connectivity index (χ3v) is 2.47. The van der Waals surface area contributed by atoms with Crippen molar-refractivity contribution in [3.8, 4) is 5.69 Å². The van der Waals surface area contributed by atoms with E-state index in [0.717, 1.165) is 0 Å². The number of carboxylic acids is 1. The van der Waals surface area contributed by atoms with E-state index in [9.17, 15) is 9.59 Å². The van der Waals surface area contributed by atoms with Gasteiger partial charge in [-0.1, -0.05) is 0 Å². The predicted molar refractivity (Wildman–Crippen MR) is 66.5 cm³/mol. The van der Waals surface area contributed by atoms with Gasteiger partial charge in [0.05, 0.1) is 29.6 Å². The Labute approximate surface area is 109 Å². The Bertz CT molecular complexity index is 601. The van der Waals surface area contributed by atoms with E-state index in [2.05, 4.69) is 5.10 Å². The number of nitrogens with zero attached hydrogens (tertiary/aromatic N) is 2. The first-order valence-corrected chi connectivity index (χ1v) is 5.67. The SMILES string of the molecule is CCOC(=O)c1cnn(-c2ccc(C(=O)O)cc2)c1. The minimum Gasteiger partial charge on any atom is -0.478 e. The number of esters is 1. The van der Waals surface area contributed by atoms with Crippen LogP contribution in [0.5, 0.6) is 0 Å². The number of carboxylic acid groups (broad SMARTS) is 1. The Morgan fingerprint density at radius 1 is 1.26 bits per heavy atom. The number of carbonyl (C=O) groups excluding carboxylic acids is 1. The van der Waals surface area contributed by atoms with Gasteiger partial charge in [-0.25, -0.2) is 14.3 Å². The molecule has 0 aliphatic rings. The number of carbonyl (C=O) groups is 2. The molecule has 6 heteroatoms. The van der Waals surface area contributed by atoms with Gasteiger partial charge in [-0.05, 0) is 31.2 Å². The van der Waals surface area contributed by atoms with Crippen LogP contribution in [0.15, 0.2) is 36.7 Å². The maximum absolute atomic E-state index is 11.5. The molecule has 0 radical (unpaired) electrons. The Hall–Kier alpha value is -2.63. The highest BCUT2D eigenvalue weighted by Gasteiger charge is 2.10. The number of hydrogen-bond acceptors (Lipinski definition) is 4. The lowest BCUT2D eigenvalue weighted by Crippen LogP contribution is -2.03. The molecule has 0 aliphatic heterocycles. The maximum Gasteiger partial charge on any atom is 0.341 e. The zero-order valence-corrected chi connectivity index (χ0v) is 10.2. The first-order chi connectivity index (χ1) is 9.11. The molecule has 0 saturated carbocycles. The number of benzene rings is 1. The van der Waals surface area contributed by atoms with Crippen molar-refractivity contribution in [2.75, 3.05) is 6.61 Å². The second-order valence-electron chi connectivity index (χ2n) is 3.75. The zero-order valence-electron chi connectivity index (χ0n) is 10.2. The highest BCUT2D eigenvalue weighted by Crippen LogP contribution is 2.11. The topological polar surface area (TPSA) is 81.4 Å². The minimum absolute atomic E-state index is 0.196. The van der Waals surface area contributed by atoms with Crippen molar-refractivity contribution in [2.24, 2.45) is 0 Å². The van der Waals surface area contributed by atoms with Gasteiger partial charge in [0.25, 0.3) is 0 Å². The minimum atomic E-state index is -0.987. The van der Waals surface area contributed by atoms with Crippen molar-refractivity contribution >= 4 is 11.9 Å². The van der Waals surface area contributed by atoms with Crippen molar-refractivity contribution < 1.29 is 19.4 Å². The molecule has 0 unspecified atom stereocenters. The predicted octanol–water partition coefficient (Wildman–Crippen LogP) is 1.75. The summed E-state index contributed by atoms with van der Waals surface area (Å²) in [6.45, 7) is 2.03. The summed E-state index contributed by atoms with van der Waals surface area (Å²) in [7, 11) is 0. The Kier molecular flexibility index (Phi) is 3.61. The van der Waals surface area contributed by atoms with Crippen LogP contribution >= 0.6 is 0 Å². The highest BCUT2D eigenvalue weighted by atomic mass is 16.5. The van der Waals surface area contributed by atoms with Crippen molar-refractivity contribution in [3.63, 3.8) is 0 Å². The molecule has 0 bridgehead atoms.